The summed E-state index contributed by atoms with van der Waals surface area (Å²) in [5, 5.41) is 0. The molecule has 1 atom stereocenters. The average Bonchev–Trinajstić information content (AvgIpc) is 2.73. The van der Waals surface area contributed by atoms with Gasteiger partial charge in [0, 0.05) is 16.0 Å². The maximum atomic E-state index is 11.8. The predicted octanol–water partition coefficient (Wildman–Crippen LogP) is 3.55. The molecule has 0 aliphatic carbocycles. The molecule has 0 saturated carbocycles. The number of ether oxygens (including phenoxy) is 1. The smallest absolute Gasteiger partial charge is 0.340 e. The van der Waals surface area contributed by atoms with Crippen LogP contribution in [-0.2, 0) is 9.53 Å². The van der Waals surface area contributed by atoms with Gasteiger partial charge in [0.25, 0.3) is 0 Å². The van der Waals surface area contributed by atoms with Crippen LogP contribution in [0, 0.1) is 0 Å². The van der Waals surface area contributed by atoms with Gasteiger partial charge in [-0.15, -0.1) is 0 Å². The van der Waals surface area contributed by atoms with Gasteiger partial charge in [0.15, 0.2) is 5.54 Å². The third kappa shape index (κ3) is 3.86. The van der Waals surface area contributed by atoms with Crippen LogP contribution in [0.4, 0.5) is 0 Å². The van der Waals surface area contributed by atoms with Gasteiger partial charge in [0.05, 0.1) is 0 Å². The average molecular weight is 306 g/mol. The van der Waals surface area contributed by atoms with E-state index >= 15 is 0 Å². The number of aliphatic imine (C=N–C) groups is 1. The van der Waals surface area contributed by atoms with Gasteiger partial charge in [0.2, 0.25) is 5.90 Å². The Kier molecular flexibility index (Phi) is 4.44. The number of rotatable bonds is 4. The fourth-order valence-electron chi connectivity index (χ4n) is 1.71. The van der Waals surface area contributed by atoms with Gasteiger partial charge < -0.3 is 4.74 Å². The maximum Gasteiger partial charge on any atom is 0.340 e. The highest BCUT2D eigenvalue weighted by molar-refractivity contribution is 7.97. The van der Waals surface area contributed by atoms with Crippen molar-refractivity contribution < 1.29 is 9.53 Å². The van der Waals surface area contributed by atoms with Crippen molar-refractivity contribution in [3.05, 3.63) is 29.8 Å². The lowest BCUT2D eigenvalue weighted by Crippen LogP contribution is -2.29. The van der Waals surface area contributed by atoms with E-state index in [-0.39, 0.29) is 11.5 Å². The molecule has 0 bridgehead atoms. The van der Waals surface area contributed by atoms with E-state index in [2.05, 4.69) is 30.5 Å². The maximum absolute atomic E-state index is 11.8. The van der Waals surface area contributed by atoms with Crippen molar-refractivity contribution in [1.29, 1.82) is 0 Å². The summed E-state index contributed by atoms with van der Waals surface area (Å²) in [6, 6.07) is 7.85. The normalized spacial score (nSPS) is 22.1. The second-order valence-electron chi connectivity index (χ2n) is 6.41. The summed E-state index contributed by atoms with van der Waals surface area (Å²) in [5.74, 6) is 0.150. The van der Waals surface area contributed by atoms with Gasteiger partial charge in [-0.1, -0.05) is 6.92 Å². The van der Waals surface area contributed by atoms with E-state index in [1.807, 2.05) is 31.2 Å². The first kappa shape index (κ1) is 16.0. The summed E-state index contributed by atoms with van der Waals surface area (Å²) in [7, 11) is 0. The van der Waals surface area contributed by atoms with E-state index < -0.39 is 5.54 Å². The Labute approximate surface area is 130 Å². The van der Waals surface area contributed by atoms with E-state index in [1.54, 1.807) is 18.9 Å². The molecule has 0 radical (unpaired) electrons. The highest BCUT2D eigenvalue weighted by Gasteiger charge is 2.40. The highest BCUT2D eigenvalue weighted by Crippen LogP contribution is 2.27. The molecule has 4 nitrogen and oxygen atoms in total. The molecule has 1 unspecified atom stereocenters. The fraction of sp³-hybridized carbons (Fsp3) is 0.500. The minimum atomic E-state index is -0.740. The Balaban J connectivity index is 2.10. The zero-order valence-corrected chi connectivity index (χ0v) is 14.0. The lowest BCUT2D eigenvalue weighted by atomic mass is 10.0. The monoisotopic (exact) mass is 306 g/mol. The Morgan fingerprint density at radius 2 is 1.90 bits per heavy atom. The molecule has 0 amide bonds. The summed E-state index contributed by atoms with van der Waals surface area (Å²) in [4.78, 5) is 17.4. The van der Waals surface area contributed by atoms with Crippen LogP contribution in [-0.4, -0.2) is 22.9 Å². The third-order valence-electron chi connectivity index (χ3n) is 3.24. The van der Waals surface area contributed by atoms with Gasteiger partial charge >= 0.3 is 5.97 Å². The summed E-state index contributed by atoms with van der Waals surface area (Å²) in [6.07, 6.45) is 0.638. The zero-order valence-electron chi connectivity index (χ0n) is 13.2. The first-order valence-corrected chi connectivity index (χ1v) is 7.92. The molecule has 1 aliphatic heterocycles. The van der Waals surface area contributed by atoms with Crippen molar-refractivity contribution in [2.45, 2.75) is 57.0 Å². The van der Waals surface area contributed by atoms with Crippen LogP contribution in [0.5, 0.6) is 0 Å². The lowest BCUT2D eigenvalue weighted by Gasteiger charge is -2.19. The van der Waals surface area contributed by atoms with E-state index in [4.69, 9.17) is 4.74 Å². The van der Waals surface area contributed by atoms with Crippen LogP contribution >= 0.6 is 11.9 Å². The molecule has 2 rings (SSSR count). The number of benzene rings is 1. The Morgan fingerprint density at radius 1 is 1.29 bits per heavy atom. The van der Waals surface area contributed by atoms with Crippen LogP contribution in [0.15, 0.2) is 34.2 Å². The molecule has 1 aromatic carbocycles. The molecule has 21 heavy (non-hydrogen) atoms. The molecule has 0 spiro atoms. The summed E-state index contributed by atoms with van der Waals surface area (Å²) in [5.41, 5.74) is 0.147. The topological polar surface area (TPSA) is 50.7 Å². The summed E-state index contributed by atoms with van der Waals surface area (Å²) in [6.45, 7) is 10.1. The fourth-order valence-corrected chi connectivity index (χ4v) is 2.41. The molecule has 0 aromatic heterocycles. The largest absolute Gasteiger partial charge is 0.405 e. The number of cyclic esters (lactones) is 1. The zero-order chi connectivity index (χ0) is 15.7. The second-order valence-corrected chi connectivity index (χ2v) is 7.29. The Morgan fingerprint density at radius 3 is 2.38 bits per heavy atom. The molecule has 1 heterocycles. The van der Waals surface area contributed by atoms with Crippen molar-refractivity contribution in [3.8, 4) is 0 Å². The first-order chi connectivity index (χ1) is 9.73. The quantitative estimate of drug-likeness (QED) is 0.682. The SMILES string of the molecule is CCC1(C)N=C(c2ccc(SNC(C)(C)C)cc2)OC1=O. The van der Waals surface area contributed by atoms with Crippen LogP contribution in [0.3, 0.4) is 0 Å². The number of carbonyl (C=O) groups excluding carboxylic acids is 1. The molecule has 1 aliphatic rings. The van der Waals surface area contributed by atoms with Crippen LogP contribution in [0.1, 0.15) is 46.6 Å². The van der Waals surface area contributed by atoms with Crippen molar-refractivity contribution in [2.24, 2.45) is 4.99 Å². The molecular weight excluding hydrogens is 284 g/mol. The number of nitrogens with one attached hydrogen (secondary N) is 1. The van der Waals surface area contributed by atoms with Crippen LogP contribution < -0.4 is 4.72 Å². The Bertz CT molecular complexity index is 561. The first-order valence-electron chi connectivity index (χ1n) is 7.10. The molecule has 5 heteroatoms. The van der Waals surface area contributed by atoms with Crippen molar-refractivity contribution in [1.82, 2.24) is 4.72 Å². The van der Waals surface area contributed by atoms with Crippen molar-refractivity contribution in [2.75, 3.05) is 0 Å². The number of esters is 1. The second kappa shape index (κ2) is 5.81. The molecule has 114 valence electrons. The lowest BCUT2D eigenvalue weighted by molar-refractivity contribution is -0.138. The number of nitrogens with zero attached hydrogens (tertiary/aromatic N) is 1. The van der Waals surface area contributed by atoms with Gasteiger partial charge in [0.1, 0.15) is 0 Å². The van der Waals surface area contributed by atoms with E-state index in [1.165, 1.54) is 0 Å². The van der Waals surface area contributed by atoms with E-state index in [0.29, 0.717) is 12.3 Å². The molecule has 1 N–H and O–H groups in total. The molecule has 0 saturated heterocycles. The summed E-state index contributed by atoms with van der Waals surface area (Å²) < 4.78 is 8.65. The van der Waals surface area contributed by atoms with Gasteiger partial charge in [-0.25, -0.2) is 9.79 Å². The number of carbonyl (C=O) groups is 1. The number of hydrogen-bond acceptors (Lipinski definition) is 5. The van der Waals surface area contributed by atoms with E-state index in [0.717, 1.165) is 10.5 Å². The van der Waals surface area contributed by atoms with Gasteiger partial charge in [-0.05, 0) is 70.3 Å². The molecular formula is C16H22N2O2S. The highest BCUT2D eigenvalue weighted by atomic mass is 32.2. The minimum Gasteiger partial charge on any atom is -0.405 e. The molecule has 1 aromatic rings. The van der Waals surface area contributed by atoms with Crippen molar-refractivity contribution >= 4 is 23.8 Å². The predicted molar refractivity (Wildman–Crippen MR) is 86.5 cm³/mol. The minimum absolute atomic E-state index is 0.0529. The standard InChI is InChI=1S/C16H22N2O2S/c1-6-16(5)14(19)20-13(17-16)11-7-9-12(10-8-11)21-18-15(2,3)4/h7-10,18H,6H2,1-5H3. The van der Waals surface area contributed by atoms with E-state index in [9.17, 15) is 4.79 Å². The van der Waals surface area contributed by atoms with Gasteiger partial charge in [-0.2, -0.15) is 0 Å². The Hall–Kier alpha value is -1.33. The summed E-state index contributed by atoms with van der Waals surface area (Å²) >= 11 is 1.59. The third-order valence-corrected chi connectivity index (χ3v) is 4.46. The van der Waals surface area contributed by atoms with Crippen molar-refractivity contribution in [3.63, 3.8) is 0 Å². The van der Waals surface area contributed by atoms with Crippen LogP contribution in [0.25, 0.3) is 0 Å². The molecule has 0 fully saturated rings. The number of hydrogen-bond donors (Lipinski definition) is 1. The van der Waals surface area contributed by atoms with Crippen LogP contribution in [0.2, 0.25) is 0 Å². The van der Waals surface area contributed by atoms with Gasteiger partial charge in [-0.3, -0.25) is 4.72 Å².